The number of benzene rings is 1. The van der Waals surface area contributed by atoms with Crippen molar-refractivity contribution in [2.45, 2.75) is 38.0 Å². The Labute approximate surface area is 120 Å². The lowest BCUT2D eigenvalue weighted by molar-refractivity contribution is -0.153. The molecular formula is C16H23NO3. The third kappa shape index (κ3) is 3.58. The first-order chi connectivity index (χ1) is 9.76. The summed E-state index contributed by atoms with van der Waals surface area (Å²) in [5.41, 5.74) is 1.24. The van der Waals surface area contributed by atoms with E-state index < -0.39 is 0 Å². The number of hydrogen-bond acceptors (Lipinski definition) is 4. The van der Waals surface area contributed by atoms with Crippen LogP contribution in [-0.4, -0.2) is 32.3 Å². The van der Waals surface area contributed by atoms with Crippen molar-refractivity contribution >= 4 is 5.97 Å². The van der Waals surface area contributed by atoms with E-state index in [1.165, 1.54) is 12.7 Å². The maximum absolute atomic E-state index is 11.8. The minimum absolute atomic E-state index is 0.111. The number of esters is 1. The molecule has 1 aromatic rings. The Morgan fingerprint density at radius 1 is 1.25 bits per heavy atom. The fraction of sp³-hybridized carbons (Fsp3) is 0.562. The molecule has 0 spiro atoms. The molecule has 0 heterocycles. The van der Waals surface area contributed by atoms with Gasteiger partial charge in [0.2, 0.25) is 0 Å². The monoisotopic (exact) mass is 277 g/mol. The van der Waals surface area contributed by atoms with E-state index in [0.29, 0.717) is 0 Å². The lowest BCUT2D eigenvalue weighted by Gasteiger charge is -2.36. The largest absolute Gasteiger partial charge is 0.469 e. The van der Waals surface area contributed by atoms with Crippen molar-refractivity contribution in [3.05, 3.63) is 35.9 Å². The summed E-state index contributed by atoms with van der Waals surface area (Å²) >= 11 is 0. The Balaban J connectivity index is 1.97. The highest BCUT2D eigenvalue weighted by molar-refractivity contribution is 5.73. The average Bonchev–Trinajstić information content (AvgIpc) is 2.52. The summed E-state index contributed by atoms with van der Waals surface area (Å²) in [4.78, 5) is 11.8. The maximum Gasteiger partial charge on any atom is 0.311 e. The molecule has 20 heavy (non-hydrogen) atoms. The van der Waals surface area contributed by atoms with Crippen LogP contribution in [0.3, 0.4) is 0 Å². The van der Waals surface area contributed by atoms with Gasteiger partial charge in [0.15, 0.2) is 0 Å². The van der Waals surface area contributed by atoms with Gasteiger partial charge in [-0.1, -0.05) is 36.8 Å². The fourth-order valence-electron chi connectivity index (χ4n) is 2.96. The first-order valence-corrected chi connectivity index (χ1v) is 7.14. The molecule has 1 aliphatic carbocycles. The summed E-state index contributed by atoms with van der Waals surface area (Å²) in [7, 11) is 3.11. The summed E-state index contributed by atoms with van der Waals surface area (Å²) in [6, 6.07) is 10.4. The molecule has 0 saturated heterocycles. The highest BCUT2D eigenvalue weighted by Gasteiger charge is 2.38. The van der Waals surface area contributed by atoms with Crippen molar-refractivity contribution < 1.29 is 14.3 Å². The zero-order chi connectivity index (χ0) is 14.4. The van der Waals surface area contributed by atoms with E-state index in [-0.39, 0.29) is 24.0 Å². The van der Waals surface area contributed by atoms with Crippen LogP contribution in [0.4, 0.5) is 0 Å². The number of carbonyl (C=O) groups excluding carboxylic acids is 1. The van der Waals surface area contributed by atoms with E-state index in [2.05, 4.69) is 17.4 Å². The van der Waals surface area contributed by atoms with E-state index in [0.717, 1.165) is 25.8 Å². The Bertz CT molecular complexity index is 421. The van der Waals surface area contributed by atoms with Crippen LogP contribution in [0.2, 0.25) is 0 Å². The van der Waals surface area contributed by atoms with Crippen molar-refractivity contribution in [2.24, 2.45) is 5.92 Å². The van der Waals surface area contributed by atoms with Crippen molar-refractivity contribution in [1.29, 1.82) is 0 Å². The summed E-state index contributed by atoms with van der Waals surface area (Å²) < 4.78 is 10.5. The molecule has 1 aromatic carbocycles. The van der Waals surface area contributed by atoms with Crippen LogP contribution in [0.1, 0.15) is 24.8 Å². The number of carbonyl (C=O) groups is 1. The molecule has 0 aromatic heterocycles. The van der Waals surface area contributed by atoms with Gasteiger partial charge in [-0.2, -0.15) is 0 Å². The van der Waals surface area contributed by atoms with Crippen molar-refractivity contribution in [2.75, 3.05) is 14.2 Å². The molecule has 1 N–H and O–H groups in total. The Hall–Kier alpha value is -1.39. The number of rotatable bonds is 5. The summed E-state index contributed by atoms with van der Waals surface area (Å²) in [6.45, 7) is 0.791. The quantitative estimate of drug-likeness (QED) is 0.838. The zero-order valence-electron chi connectivity index (χ0n) is 12.2. The predicted molar refractivity (Wildman–Crippen MR) is 77.2 cm³/mol. The second kappa shape index (κ2) is 7.41. The standard InChI is InChI=1S/C16H23NO3/c1-19-15-13(16(18)20-2)9-6-10-14(15)17-11-12-7-4-3-5-8-12/h3-5,7-8,13-15,17H,6,9-11H2,1-2H3/t13-,14?,15-/m0/s1. The van der Waals surface area contributed by atoms with E-state index in [1.54, 1.807) is 7.11 Å². The fourth-order valence-corrected chi connectivity index (χ4v) is 2.96. The molecule has 1 unspecified atom stereocenters. The molecule has 0 radical (unpaired) electrons. The lowest BCUT2D eigenvalue weighted by Crippen LogP contribution is -2.49. The van der Waals surface area contributed by atoms with Gasteiger partial charge in [-0.05, 0) is 18.4 Å². The summed E-state index contributed by atoms with van der Waals surface area (Å²) in [5, 5.41) is 3.52. The van der Waals surface area contributed by atoms with Gasteiger partial charge in [0.05, 0.1) is 19.1 Å². The smallest absolute Gasteiger partial charge is 0.311 e. The second-order valence-corrected chi connectivity index (χ2v) is 5.23. The molecular weight excluding hydrogens is 254 g/mol. The van der Waals surface area contributed by atoms with Gasteiger partial charge < -0.3 is 14.8 Å². The van der Waals surface area contributed by atoms with Gasteiger partial charge in [0, 0.05) is 19.7 Å². The number of hydrogen-bond donors (Lipinski definition) is 1. The van der Waals surface area contributed by atoms with Gasteiger partial charge in [-0.3, -0.25) is 4.79 Å². The highest BCUT2D eigenvalue weighted by Crippen LogP contribution is 2.28. The lowest BCUT2D eigenvalue weighted by atomic mass is 9.82. The minimum atomic E-state index is -0.164. The van der Waals surface area contributed by atoms with Crippen molar-refractivity contribution in [3.63, 3.8) is 0 Å². The Morgan fingerprint density at radius 2 is 2.00 bits per heavy atom. The molecule has 4 heteroatoms. The molecule has 1 aliphatic rings. The van der Waals surface area contributed by atoms with Gasteiger partial charge in [-0.25, -0.2) is 0 Å². The first-order valence-electron chi connectivity index (χ1n) is 7.14. The molecule has 0 amide bonds. The molecule has 4 nitrogen and oxygen atoms in total. The van der Waals surface area contributed by atoms with Crippen molar-refractivity contribution in [3.8, 4) is 0 Å². The molecule has 3 atom stereocenters. The molecule has 0 aliphatic heterocycles. The molecule has 110 valence electrons. The van der Waals surface area contributed by atoms with Crippen LogP contribution in [0.5, 0.6) is 0 Å². The normalized spacial score (nSPS) is 26.2. The van der Waals surface area contributed by atoms with E-state index in [1.807, 2.05) is 18.2 Å². The van der Waals surface area contributed by atoms with Gasteiger partial charge >= 0.3 is 5.97 Å². The third-order valence-electron chi connectivity index (χ3n) is 4.01. The number of nitrogens with one attached hydrogen (secondary N) is 1. The van der Waals surface area contributed by atoms with Crippen LogP contribution in [0.25, 0.3) is 0 Å². The number of methoxy groups -OCH3 is 2. The summed E-state index contributed by atoms with van der Waals surface area (Å²) in [5.74, 6) is -0.324. The highest BCUT2D eigenvalue weighted by atomic mass is 16.5. The second-order valence-electron chi connectivity index (χ2n) is 5.23. The van der Waals surface area contributed by atoms with E-state index >= 15 is 0 Å². The minimum Gasteiger partial charge on any atom is -0.469 e. The third-order valence-corrected chi connectivity index (χ3v) is 4.01. The molecule has 2 rings (SSSR count). The van der Waals surface area contributed by atoms with Gasteiger partial charge in [0.1, 0.15) is 0 Å². The Morgan fingerprint density at radius 3 is 2.65 bits per heavy atom. The molecule has 1 saturated carbocycles. The SMILES string of the molecule is COC(=O)[C@H]1CCCC(NCc2ccccc2)[C@H]1OC. The first kappa shape index (κ1) is 15.0. The van der Waals surface area contributed by atoms with Crippen LogP contribution in [0, 0.1) is 5.92 Å². The average molecular weight is 277 g/mol. The maximum atomic E-state index is 11.8. The topological polar surface area (TPSA) is 47.6 Å². The van der Waals surface area contributed by atoms with Gasteiger partial charge in [-0.15, -0.1) is 0 Å². The zero-order valence-corrected chi connectivity index (χ0v) is 12.2. The number of ether oxygens (including phenoxy) is 2. The van der Waals surface area contributed by atoms with E-state index in [4.69, 9.17) is 9.47 Å². The van der Waals surface area contributed by atoms with Crippen LogP contribution < -0.4 is 5.32 Å². The Kier molecular flexibility index (Phi) is 5.56. The van der Waals surface area contributed by atoms with Crippen LogP contribution in [0.15, 0.2) is 30.3 Å². The van der Waals surface area contributed by atoms with Crippen molar-refractivity contribution in [1.82, 2.24) is 5.32 Å². The van der Waals surface area contributed by atoms with Crippen LogP contribution >= 0.6 is 0 Å². The predicted octanol–water partition coefficient (Wildman–Crippen LogP) is 2.13. The molecule has 0 bridgehead atoms. The van der Waals surface area contributed by atoms with Gasteiger partial charge in [0.25, 0.3) is 0 Å². The molecule has 1 fully saturated rings. The van der Waals surface area contributed by atoms with Crippen LogP contribution in [-0.2, 0) is 20.8 Å². The van der Waals surface area contributed by atoms with E-state index in [9.17, 15) is 4.79 Å². The summed E-state index contributed by atoms with van der Waals surface area (Å²) in [6.07, 6.45) is 2.78.